The molecule has 0 aromatic carbocycles. The van der Waals surface area contributed by atoms with E-state index in [0.29, 0.717) is 61.7 Å². The van der Waals surface area contributed by atoms with Crippen molar-refractivity contribution in [3.8, 4) is 0 Å². The minimum Gasteiger partial charge on any atom is -0.450 e. The van der Waals surface area contributed by atoms with Crippen LogP contribution in [0.25, 0.3) is 0 Å². The molecule has 5 saturated heterocycles. The van der Waals surface area contributed by atoms with E-state index in [9.17, 15) is 25.2 Å². The van der Waals surface area contributed by atoms with E-state index in [-0.39, 0.29) is 55.7 Å². The third-order valence-corrected chi connectivity index (χ3v) is 13.3. The van der Waals surface area contributed by atoms with Crippen LogP contribution in [-0.2, 0) is 38.0 Å². The third kappa shape index (κ3) is 7.77. The van der Waals surface area contributed by atoms with Gasteiger partial charge < -0.3 is 53.6 Å². The van der Waals surface area contributed by atoms with Gasteiger partial charge in [-0.1, -0.05) is 65.3 Å². The predicted octanol–water partition coefficient (Wildman–Crippen LogP) is 4.27. The average molecular weight is 769 g/mol. The van der Waals surface area contributed by atoms with Crippen molar-refractivity contribution < 1.29 is 58.4 Å². The topological polar surface area (TPSA) is 163 Å². The van der Waals surface area contributed by atoms with Crippen LogP contribution in [0.4, 0.5) is 0 Å². The van der Waals surface area contributed by atoms with Crippen molar-refractivity contribution in [1.82, 2.24) is 0 Å². The van der Waals surface area contributed by atoms with Crippen LogP contribution in [0.2, 0.25) is 0 Å². The number of esters is 1. The number of aliphatic hydroxyl groups excluding tert-OH is 3. The number of ether oxygens (including phenoxy) is 7. The molecule has 0 amide bonds. The Balaban J connectivity index is 1.23. The fraction of sp³-hybridized carbons (Fsp3) is 0.698. The Bertz CT molecular complexity index is 1570. The zero-order valence-corrected chi connectivity index (χ0v) is 32.4. The fourth-order valence-electron chi connectivity index (χ4n) is 9.38. The van der Waals surface area contributed by atoms with E-state index in [1.807, 2.05) is 26.8 Å². The first-order valence-electron chi connectivity index (χ1n) is 20.1. The fourth-order valence-corrected chi connectivity index (χ4v) is 9.38. The summed E-state index contributed by atoms with van der Waals surface area (Å²) in [6.45, 7) is 23.0. The average Bonchev–Trinajstić information content (AvgIpc) is 3.66. The van der Waals surface area contributed by atoms with Crippen molar-refractivity contribution in [3.05, 3.63) is 72.9 Å². The van der Waals surface area contributed by atoms with Crippen molar-refractivity contribution in [2.45, 2.75) is 163 Å². The Morgan fingerprint density at radius 3 is 2.36 bits per heavy atom. The quantitative estimate of drug-likeness (QED) is 0.171. The molecule has 17 atom stereocenters. The first-order valence-corrected chi connectivity index (χ1v) is 20.1. The van der Waals surface area contributed by atoms with Gasteiger partial charge in [-0.15, -0.1) is 0 Å². The van der Waals surface area contributed by atoms with E-state index in [1.54, 1.807) is 6.08 Å². The molecular formula is C43H60O12. The number of fused-ring (bicyclic) bond motifs is 11. The number of hydrogen-bond donors (Lipinski definition) is 4. The minimum atomic E-state index is -1.91. The highest BCUT2D eigenvalue weighted by Gasteiger charge is 2.55. The summed E-state index contributed by atoms with van der Waals surface area (Å²) in [4.78, 5) is 14.2. The zero-order valence-electron chi connectivity index (χ0n) is 32.4. The lowest BCUT2D eigenvalue weighted by Gasteiger charge is -2.53. The second-order valence-corrected chi connectivity index (χ2v) is 17.0. The summed E-state index contributed by atoms with van der Waals surface area (Å²) in [6, 6.07) is 0. The van der Waals surface area contributed by atoms with Gasteiger partial charge in [0.25, 0.3) is 0 Å². The van der Waals surface area contributed by atoms with Crippen molar-refractivity contribution in [2.24, 2.45) is 17.8 Å². The number of carbonyl (C=O) groups is 1. The van der Waals surface area contributed by atoms with Gasteiger partial charge in [0.15, 0.2) is 18.0 Å². The maximum Gasteiger partial charge on any atom is 0.340 e. The summed E-state index contributed by atoms with van der Waals surface area (Å²) >= 11 is 0. The monoisotopic (exact) mass is 768 g/mol. The summed E-state index contributed by atoms with van der Waals surface area (Å²) in [6.07, 6.45) is 1.50. The van der Waals surface area contributed by atoms with Gasteiger partial charge in [-0.05, 0) is 91.6 Å². The second-order valence-electron chi connectivity index (χ2n) is 17.0. The van der Waals surface area contributed by atoms with Gasteiger partial charge >= 0.3 is 5.97 Å². The van der Waals surface area contributed by atoms with Gasteiger partial charge in [0.1, 0.15) is 24.4 Å². The van der Waals surface area contributed by atoms with Gasteiger partial charge in [0.05, 0.1) is 43.2 Å². The third-order valence-electron chi connectivity index (χ3n) is 13.3. The van der Waals surface area contributed by atoms with Crippen molar-refractivity contribution in [1.29, 1.82) is 0 Å². The molecule has 0 radical (unpaired) electrons. The molecule has 7 rings (SSSR count). The number of cyclic esters (lactones) is 1. The number of hydrogen-bond acceptors (Lipinski definition) is 12. The van der Waals surface area contributed by atoms with E-state index >= 15 is 0 Å². The van der Waals surface area contributed by atoms with Gasteiger partial charge in [-0.2, -0.15) is 0 Å². The Hall–Kier alpha value is -2.49. The lowest BCUT2D eigenvalue weighted by atomic mass is 9.78. The van der Waals surface area contributed by atoms with Gasteiger partial charge in [-0.25, -0.2) is 4.79 Å². The molecule has 12 nitrogen and oxygen atoms in total. The second kappa shape index (κ2) is 16.0. The van der Waals surface area contributed by atoms with Gasteiger partial charge in [0, 0.05) is 12.3 Å². The molecule has 0 unspecified atom stereocenters. The maximum atomic E-state index is 14.2. The molecule has 0 aromatic rings. The van der Waals surface area contributed by atoms with Crippen molar-refractivity contribution in [2.75, 3.05) is 6.61 Å². The maximum absolute atomic E-state index is 14.2. The molecule has 7 aliphatic heterocycles. The predicted molar refractivity (Wildman–Crippen MR) is 201 cm³/mol. The first kappa shape index (κ1) is 40.7. The Labute approximate surface area is 324 Å². The van der Waals surface area contributed by atoms with Crippen LogP contribution in [0.5, 0.6) is 0 Å². The number of aliphatic hydroxyl groups is 4. The van der Waals surface area contributed by atoms with E-state index in [4.69, 9.17) is 33.2 Å². The van der Waals surface area contributed by atoms with E-state index in [1.165, 1.54) is 6.08 Å². The molecule has 7 heterocycles. The van der Waals surface area contributed by atoms with Crippen LogP contribution in [0.15, 0.2) is 72.9 Å². The Kier molecular flexibility index (Phi) is 11.9. The van der Waals surface area contributed by atoms with Crippen molar-refractivity contribution >= 4 is 5.97 Å². The summed E-state index contributed by atoms with van der Waals surface area (Å²) in [5.74, 6) is -4.48. The molecule has 4 N–H and O–H groups in total. The van der Waals surface area contributed by atoms with Crippen LogP contribution in [-0.4, -0.2) is 118 Å². The molecule has 1 spiro atoms. The van der Waals surface area contributed by atoms with Crippen LogP contribution in [0.1, 0.15) is 78.6 Å². The van der Waals surface area contributed by atoms with E-state index in [0.717, 1.165) is 5.57 Å². The van der Waals surface area contributed by atoms with Crippen LogP contribution in [0.3, 0.4) is 0 Å². The standard InChI is InChI=1S/C43H60O12/c1-22-18-19-49-43(48,28(22)7)36-13-8-10-29(44)37(46)27(6)31-16-17-34(50-31)32-11-9-12-33(51-32)35-15-14-25(4)42(54-35)21-24(3)26(5)39(55-42)40-30(45)20-23(2)38(53-40)41(47)52-36/h8-9,11,13,22,24,28-40,44-46,48H,2,4-6,10,12,14-21H2,1,3,7H3/b13-8-/t22-,24+,28-,29-,30+,31-,32+,33+,34-,35+,36-,37+,38+,39-,40-,42+,43+/m0/s1. The smallest absolute Gasteiger partial charge is 0.340 e. The normalized spacial score (nSPS) is 49.3. The summed E-state index contributed by atoms with van der Waals surface area (Å²) in [5, 5.41) is 45.8. The highest BCUT2D eigenvalue weighted by molar-refractivity contribution is 5.79. The first-order chi connectivity index (χ1) is 26.1. The van der Waals surface area contributed by atoms with Gasteiger partial charge in [-0.3, -0.25) is 0 Å². The van der Waals surface area contributed by atoms with Crippen LogP contribution in [0, 0.1) is 17.8 Å². The number of carbonyl (C=O) groups excluding carboxylic acids is 1. The van der Waals surface area contributed by atoms with E-state index in [2.05, 4.69) is 32.4 Å². The highest BCUT2D eigenvalue weighted by atomic mass is 16.7. The number of rotatable bonds is 1. The highest BCUT2D eigenvalue weighted by Crippen LogP contribution is 2.49. The lowest BCUT2D eigenvalue weighted by molar-refractivity contribution is -0.317. The zero-order chi connectivity index (χ0) is 39.4. The minimum absolute atomic E-state index is 0.0277. The molecule has 0 aromatic heterocycles. The van der Waals surface area contributed by atoms with Crippen LogP contribution >= 0.6 is 0 Å². The SMILES string of the molecule is C=C1C[C@@H](O)[C@@H]2O[C@H]1C(=O)O[C@H]([C@]1(O)OCC[C@H](C)[C@@H]1C)/C=C\C[C@H](O)[C@H](O)C(=C)[C@@H]1CC[C@H](O1)[C@H]1C=CC[C@@H](O1)[C@H]1CCC(=C)[C@]3(C[C@@H](C)C(=C)[C@@H]2O3)O1. The summed E-state index contributed by atoms with van der Waals surface area (Å²) < 4.78 is 45.2. The Morgan fingerprint density at radius 2 is 1.58 bits per heavy atom. The molecule has 304 valence electrons. The molecule has 9 bridgehead atoms. The molecule has 7 aliphatic rings. The van der Waals surface area contributed by atoms with E-state index < -0.39 is 72.3 Å². The summed E-state index contributed by atoms with van der Waals surface area (Å²) in [7, 11) is 0. The van der Waals surface area contributed by atoms with Crippen LogP contribution < -0.4 is 0 Å². The Morgan fingerprint density at radius 1 is 0.818 bits per heavy atom. The largest absolute Gasteiger partial charge is 0.450 e. The molecular weight excluding hydrogens is 708 g/mol. The molecule has 12 heteroatoms. The molecule has 5 fully saturated rings. The van der Waals surface area contributed by atoms with Gasteiger partial charge in [0.2, 0.25) is 5.79 Å². The molecule has 0 saturated carbocycles. The lowest BCUT2D eigenvalue weighted by Crippen LogP contribution is -2.60. The van der Waals surface area contributed by atoms with Crippen molar-refractivity contribution in [3.63, 3.8) is 0 Å². The molecule has 55 heavy (non-hydrogen) atoms. The molecule has 0 aliphatic carbocycles. The summed E-state index contributed by atoms with van der Waals surface area (Å²) in [5.41, 5.74) is 2.12.